The van der Waals surface area contributed by atoms with E-state index in [1.54, 1.807) is 6.07 Å². The molecular weight excluding hydrogens is 421 g/mol. The third-order valence-corrected chi connectivity index (χ3v) is 7.20. The summed E-state index contributed by atoms with van der Waals surface area (Å²) < 4.78 is 19.3. The highest BCUT2D eigenvalue weighted by molar-refractivity contribution is 5.93. The molecule has 2 aromatic rings. The van der Waals surface area contributed by atoms with Crippen molar-refractivity contribution in [3.05, 3.63) is 58.9 Å². The van der Waals surface area contributed by atoms with Gasteiger partial charge in [0.2, 0.25) is 0 Å². The number of hydrogen-bond donors (Lipinski definition) is 3. The van der Waals surface area contributed by atoms with Crippen LogP contribution in [0.2, 0.25) is 0 Å². The number of ether oxygens (including phenoxy) is 1. The molecule has 1 fully saturated rings. The number of benzene rings is 2. The quantitative estimate of drug-likeness (QED) is 0.446. The summed E-state index contributed by atoms with van der Waals surface area (Å²) in [6, 6.07) is 9.41. The largest absolute Gasteiger partial charge is 0.508 e. The van der Waals surface area contributed by atoms with Gasteiger partial charge in [-0.2, -0.15) is 0 Å². The van der Waals surface area contributed by atoms with Gasteiger partial charge in [0.15, 0.2) is 0 Å². The number of hydrogen-bond acceptors (Lipinski definition) is 5. The molecule has 2 unspecified atom stereocenters. The molecule has 178 valence electrons. The predicted octanol–water partition coefficient (Wildman–Crippen LogP) is 5.68. The third kappa shape index (κ3) is 5.49. The number of fused-ring (bicyclic) bond motifs is 1. The van der Waals surface area contributed by atoms with Gasteiger partial charge in [0, 0.05) is 28.8 Å². The Morgan fingerprint density at radius 2 is 1.88 bits per heavy atom. The lowest BCUT2D eigenvalue weighted by molar-refractivity contribution is 0.00201. The maximum atomic E-state index is 14.2. The number of nitrogens with one attached hydrogen (secondary N) is 1. The van der Waals surface area contributed by atoms with Crippen molar-refractivity contribution in [2.24, 2.45) is 5.92 Å². The van der Waals surface area contributed by atoms with Crippen LogP contribution in [0.1, 0.15) is 80.3 Å². The zero-order valence-electron chi connectivity index (χ0n) is 19.5. The number of cyclic esters (lactones) is 1. The fourth-order valence-electron chi connectivity index (χ4n) is 5.71. The van der Waals surface area contributed by atoms with Crippen LogP contribution in [0.3, 0.4) is 0 Å². The molecule has 0 aromatic heterocycles. The molecule has 2 atom stereocenters. The number of aromatic hydroxyl groups is 1. The monoisotopic (exact) mass is 455 g/mol. The van der Waals surface area contributed by atoms with E-state index in [-0.39, 0.29) is 18.3 Å². The summed E-state index contributed by atoms with van der Waals surface area (Å²) in [4.78, 5) is 11.7. The van der Waals surface area contributed by atoms with Crippen molar-refractivity contribution in [3.8, 4) is 5.75 Å². The van der Waals surface area contributed by atoms with Crippen LogP contribution >= 0.6 is 0 Å². The van der Waals surface area contributed by atoms with E-state index in [1.165, 1.54) is 37.5 Å². The van der Waals surface area contributed by atoms with E-state index < -0.39 is 16.8 Å². The van der Waals surface area contributed by atoms with Crippen molar-refractivity contribution in [3.63, 3.8) is 0 Å². The summed E-state index contributed by atoms with van der Waals surface area (Å²) in [7, 11) is 0. The predicted molar refractivity (Wildman–Crippen MR) is 126 cm³/mol. The van der Waals surface area contributed by atoms with Crippen LogP contribution in [0.4, 0.5) is 10.1 Å². The molecule has 0 saturated heterocycles. The zero-order valence-corrected chi connectivity index (χ0v) is 19.5. The normalized spacial score (nSPS) is 19.9. The summed E-state index contributed by atoms with van der Waals surface area (Å²) in [6.07, 6.45) is 6.99. The summed E-state index contributed by atoms with van der Waals surface area (Å²) >= 11 is 0. The highest BCUT2D eigenvalue weighted by Crippen LogP contribution is 2.42. The Labute approximate surface area is 195 Å². The van der Waals surface area contributed by atoms with Crippen LogP contribution in [0.15, 0.2) is 36.4 Å². The number of carbonyl (C=O) groups excluding carboxylic acids is 1. The lowest BCUT2D eigenvalue weighted by Crippen LogP contribution is -2.41. The van der Waals surface area contributed by atoms with Gasteiger partial charge < -0.3 is 20.3 Å². The molecule has 3 N–H and O–H groups in total. The number of phenolic OH excluding ortho intramolecular Hbond substituents is 1. The van der Waals surface area contributed by atoms with Crippen LogP contribution in [-0.2, 0) is 16.8 Å². The van der Waals surface area contributed by atoms with Crippen molar-refractivity contribution in [1.82, 2.24) is 0 Å². The summed E-state index contributed by atoms with van der Waals surface area (Å²) in [5, 5.41) is 25.4. The van der Waals surface area contributed by atoms with Crippen molar-refractivity contribution < 1.29 is 24.1 Å². The SMILES string of the molecule is CC(O)(CC1CCCCC1)CC(C)(CNc1ccc2c(c1)COC2=O)c1cc(F)ccc1O. The zero-order chi connectivity index (χ0) is 23.6. The highest BCUT2D eigenvalue weighted by Gasteiger charge is 2.39. The second-order valence-corrected chi connectivity index (χ2v) is 10.4. The first-order valence-corrected chi connectivity index (χ1v) is 11.9. The average Bonchev–Trinajstić information content (AvgIpc) is 3.14. The van der Waals surface area contributed by atoms with Gasteiger partial charge >= 0.3 is 5.97 Å². The lowest BCUT2D eigenvalue weighted by Gasteiger charge is -2.40. The molecule has 0 radical (unpaired) electrons. The molecule has 6 heteroatoms. The Morgan fingerprint density at radius 3 is 2.64 bits per heavy atom. The van der Waals surface area contributed by atoms with Crippen LogP contribution < -0.4 is 5.32 Å². The van der Waals surface area contributed by atoms with Crippen LogP contribution in [0, 0.1) is 11.7 Å². The summed E-state index contributed by atoms with van der Waals surface area (Å²) in [5.74, 6) is -0.234. The maximum absolute atomic E-state index is 14.2. The second kappa shape index (κ2) is 9.34. The average molecular weight is 456 g/mol. The van der Waals surface area contributed by atoms with Crippen LogP contribution in [0.5, 0.6) is 5.75 Å². The number of rotatable bonds is 8. The molecular formula is C27H34FNO4. The van der Waals surface area contributed by atoms with Gasteiger partial charge in [-0.05, 0) is 62.1 Å². The van der Waals surface area contributed by atoms with E-state index in [1.807, 2.05) is 26.0 Å². The van der Waals surface area contributed by atoms with E-state index in [2.05, 4.69) is 5.32 Å². The molecule has 2 aromatic carbocycles. The molecule has 1 aliphatic heterocycles. The fraction of sp³-hybridized carbons (Fsp3) is 0.519. The summed E-state index contributed by atoms with van der Waals surface area (Å²) in [5.41, 5.74) is 0.969. The molecule has 5 nitrogen and oxygen atoms in total. The minimum absolute atomic E-state index is 0.0158. The molecule has 33 heavy (non-hydrogen) atoms. The highest BCUT2D eigenvalue weighted by atomic mass is 19.1. The van der Waals surface area contributed by atoms with E-state index >= 15 is 0 Å². The summed E-state index contributed by atoms with van der Waals surface area (Å²) in [6.45, 7) is 4.43. The van der Waals surface area contributed by atoms with Crippen molar-refractivity contribution in [1.29, 1.82) is 0 Å². The molecule has 0 bridgehead atoms. The van der Waals surface area contributed by atoms with Crippen molar-refractivity contribution in [2.75, 3.05) is 11.9 Å². The van der Waals surface area contributed by atoms with E-state index in [0.717, 1.165) is 24.1 Å². The van der Waals surface area contributed by atoms with E-state index in [0.29, 0.717) is 36.4 Å². The Hall–Kier alpha value is -2.60. The standard InChI is InChI=1S/C27H34FNO4/c1-26(23-13-20(28)8-11-24(23)30,16-27(2,32)14-18-6-4-3-5-7-18)17-29-21-9-10-22-19(12-21)15-33-25(22)31/h8-13,18,29-30,32H,3-7,14-17H2,1-2H3. The number of halogens is 1. The van der Waals surface area contributed by atoms with Gasteiger partial charge in [0.1, 0.15) is 18.2 Å². The van der Waals surface area contributed by atoms with Gasteiger partial charge in [0.25, 0.3) is 0 Å². The first-order chi connectivity index (χ1) is 15.7. The molecule has 1 aliphatic carbocycles. The minimum atomic E-state index is -0.963. The fourth-order valence-corrected chi connectivity index (χ4v) is 5.71. The smallest absolute Gasteiger partial charge is 0.338 e. The molecule has 1 saturated carbocycles. The third-order valence-electron chi connectivity index (χ3n) is 7.20. The maximum Gasteiger partial charge on any atom is 0.338 e. The van der Waals surface area contributed by atoms with Crippen LogP contribution in [0.25, 0.3) is 0 Å². The Kier molecular flexibility index (Phi) is 6.66. The molecule has 1 heterocycles. The number of aliphatic hydroxyl groups is 1. The van der Waals surface area contributed by atoms with Gasteiger partial charge in [-0.25, -0.2) is 9.18 Å². The topological polar surface area (TPSA) is 78.8 Å². The van der Waals surface area contributed by atoms with Gasteiger partial charge in [-0.3, -0.25) is 0 Å². The van der Waals surface area contributed by atoms with Gasteiger partial charge in [-0.15, -0.1) is 0 Å². The van der Waals surface area contributed by atoms with E-state index in [4.69, 9.17) is 4.74 Å². The minimum Gasteiger partial charge on any atom is -0.508 e. The second-order valence-electron chi connectivity index (χ2n) is 10.4. The first-order valence-electron chi connectivity index (χ1n) is 11.9. The van der Waals surface area contributed by atoms with Crippen molar-refractivity contribution in [2.45, 2.75) is 76.4 Å². The molecule has 4 rings (SSSR count). The molecule has 0 amide bonds. The Balaban J connectivity index is 1.57. The number of phenols is 1. The first kappa shape index (κ1) is 23.6. The van der Waals surface area contributed by atoms with Gasteiger partial charge in [-0.1, -0.05) is 39.0 Å². The molecule has 0 spiro atoms. The van der Waals surface area contributed by atoms with Crippen LogP contribution in [-0.4, -0.2) is 28.3 Å². The number of anilines is 1. The molecule has 2 aliphatic rings. The van der Waals surface area contributed by atoms with E-state index in [9.17, 15) is 19.4 Å². The number of esters is 1. The van der Waals surface area contributed by atoms with Gasteiger partial charge in [0.05, 0.1) is 11.2 Å². The Bertz CT molecular complexity index is 1020. The Morgan fingerprint density at radius 1 is 1.12 bits per heavy atom. The van der Waals surface area contributed by atoms with Crippen molar-refractivity contribution >= 4 is 11.7 Å². The number of carbonyl (C=O) groups is 1. The lowest BCUT2D eigenvalue weighted by atomic mass is 9.70.